The number of carbonyl (C=O) groups is 3. The van der Waals surface area contributed by atoms with Crippen LogP contribution in [-0.2, 0) is 42.7 Å². The number of aliphatic hydroxyl groups is 5. The number of ketones is 3. The average Bonchev–Trinajstić information content (AvgIpc) is 3.16. The van der Waals surface area contributed by atoms with Gasteiger partial charge in [0.15, 0.2) is 48.1 Å². The quantitative estimate of drug-likeness (QED) is 0.218. The topological polar surface area (TPSA) is 246 Å². The second kappa shape index (κ2) is 16.3. The molecule has 1 saturated carbocycles. The first kappa shape index (κ1) is 43.6. The lowest BCUT2D eigenvalue weighted by atomic mass is 9.57. The molecule has 0 aromatic heterocycles. The number of aromatic hydroxyl groups is 1. The van der Waals surface area contributed by atoms with Gasteiger partial charge in [0.1, 0.15) is 23.6 Å². The molecule has 0 radical (unpaired) electrons. The maximum atomic E-state index is 14.3. The summed E-state index contributed by atoms with van der Waals surface area (Å²) in [6.07, 6.45) is -6.82. The number of phenols is 1. The predicted octanol–water partition coefficient (Wildman–Crippen LogP) is 1.80. The molecule has 17 nitrogen and oxygen atoms in total. The molecule has 17 unspecified atom stereocenters. The number of fused-ring (bicyclic) bond motifs is 3. The molecular formula is C43H56O17. The second-order valence-corrected chi connectivity index (χ2v) is 17.8. The lowest BCUT2D eigenvalue weighted by Crippen LogP contribution is -2.71. The monoisotopic (exact) mass is 844 g/mol. The molecule has 6 N–H and O–H groups in total. The number of aliphatic hydroxyl groups excluding tert-OH is 3. The van der Waals surface area contributed by atoms with E-state index in [4.69, 9.17) is 37.9 Å². The number of rotatable bonds is 8. The molecule has 330 valence electrons. The number of allylic oxidation sites excluding steroid dienone is 2. The molecule has 0 amide bonds. The van der Waals surface area contributed by atoms with Crippen LogP contribution in [0.2, 0.25) is 0 Å². The molecule has 17 heteroatoms. The van der Waals surface area contributed by atoms with Crippen molar-refractivity contribution in [1.29, 1.82) is 0 Å². The van der Waals surface area contributed by atoms with Crippen molar-refractivity contribution in [2.75, 3.05) is 0 Å². The molecule has 7 aliphatic rings. The maximum Gasteiger partial charge on any atom is 0.198 e. The average molecular weight is 845 g/mol. The lowest BCUT2D eigenvalue weighted by molar-refractivity contribution is -0.330. The maximum absolute atomic E-state index is 14.3. The molecule has 17 atom stereocenters. The third-order valence-electron chi connectivity index (χ3n) is 13.1. The fraction of sp³-hybridized carbons (Fsp3) is 0.698. The van der Waals surface area contributed by atoms with Gasteiger partial charge in [-0.1, -0.05) is 18.2 Å². The number of hydrogen-bond donors (Lipinski definition) is 6. The van der Waals surface area contributed by atoms with Crippen LogP contribution in [0.3, 0.4) is 0 Å². The molecule has 4 aliphatic heterocycles. The first-order chi connectivity index (χ1) is 28.3. The van der Waals surface area contributed by atoms with Crippen LogP contribution in [0.4, 0.5) is 0 Å². The Balaban J connectivity index is 0.920. The first-order valence-corrected chi connectivity index (χ1v) is 20.9. The van der Waals surface area contributed by atoms with E-state index in [1.54, 1.807) is 20.8 Å². The Morgan fingerprint density at radius 2 is 1.28 bits per heavy atom. The van der Waals surface area contributed by atoms with E-state index < -0.39 is 133 Å². The van der Waals surface area contributed by atoms with Crippen LogP contribution in [0, 0.1) is 0 Å². The van der Waals surface area contributed by atoms with E-state index in [9.17, 15) is 45.0 Å². The van der Waals surface area contributed by atoms with Crippen LogP contribution in [0.15, 0.2) is 41.5 Å². The van der Waals surface area contributed by atoms with E-state index in [0.717, 1.165) is 0 Å². The van der Waals surface area contributed by atoms with Gasteiger partial charge in [-0.2, -0.15) is 0 Å². The SMILES string of the molecule is CC1OC(OC2CC(OC3CCC(OC45C(=O)CC(C)(O)CC4(O)C=CC4=C5C(=O)c5cccc(O)c5C4=O)OC3C)OC(C)C2O)CCC1OC1CC(O)C(O)C(C)O1. The molecule has 3 aliphatic carbocycles. The number of carbonyl (C=O) groups excluding carboxylic acids is 3. The van der Waals surface area contributed by atoms with E-state index in [0.29, 0.717) is 19.3 Å². The van der Waals surface area contributed by atoms with Gasteiger partial charge in [-0.15, -0.1) is 0 Å². The standard InChI is InChI=1S/C43H56O17/c1-19-27(57-33-15-26(45)37(47)21(3)55-33)9-11-31(53-19)59-29-16-34(56-22(4)38(29)48)58-28-10-12-32(54-20(28)2)60-43-30(46)17-41(5,51)18-42(43,52)14-13-24-36(43)40(50)23-7-6-8-25(44)35(23)39(24)49/h6-8,13-14,19-22,26-29,31-34,37-38,44-45,47-48,51-52H,9-12,15-18H2,1-5H3. The molecule has 4 heterocycles. The molecule has 1 aromatic rings. The zero-order valence-electron chi connectivity index (χ0n) is 34.3. The summed E-state index contributed by atoms with van der Waals surface area (Å²) in [5.74, 6) is -2.69. The summed E-state index contributed by atoms with van der Waals surface area (Å²) >= 11 is 0. The highest BCUT2D eigenvalue weighted by Gasteiger charge is 2.69. The Labute approximate surface area is 347 Å². The molecule has 0 spiro atoms. The summed E-state index contributed by atoms with van der Waals surface area (Å²) < 4.78 is 49.5. The van der Waals surface area contributed by atoms with Crippen molar-refractivity contribution in [3.63, 3.8) is 0 Å². The first-order valence-electron chi connectivity index (χ1n) is 20.9. The van der Waals surface area contributed by atoms with Gasteiger partial charge in [0.2, 0.25) is 0 Å². The highest BCUT2D eigenvalue weighted by molar-refractivity contribution is 6.31. The Morgan fingerprint density at radius 1 is 0.700 bits per heavy atom. The van der Waals surface area contributed by atoms with Crippen LogP contribution in [0.25, 0.3) is 0 Å². The summed E-state index contributed by atoms with van der Waals surface area (Å²) in [5, 5.41) is 65.1. The number of ether oxygens (including phenoxy) is 8. The summed E-state index contributed by atoms with van der Waals surface area (Å²) in [6, 6.07) is 4.05. The Kier molecular flexibility index (Phi) is 11.8. The predicted molar refractivity (Wildman–Crippen MR) is 204 cm³/mol. The zero-order valence-corrected chi connectivity index (χ0v) is 34.3. The Morgan fingerprint density at radius 3 is 1.93 bits per heavy atom. The normalized spacial score (nSPS) is 45.9. The van der Waals surface area contributed by atoms with Gasteiger partial charge in [0.25, 0.3) is 0 Å². The van der Waals surface area contributed by atoms with Crippen molar-refractivity contribution in [2.45, 2.75) is 189 Å². The molecule has 8 rings (SSSR count). The Hall–Kier alpha value is -3.01. The van der Waals surface area contributed by atoms with Gasteiger partial charge in [-0.25, -0.2) is 0 Å². The van der Waals surface area contributed by atoms with Crippen LogP contribution in [0.5, 0.6) is 5.75 Å². The van der Waals surface area contributed by atoms with E-state index in [2.05, 4.69) is 0 Å². The zero-order chi connectivity index (χ0) is 43.1. The van der Waals surface area contributed by atoms with Gasteiger partial charge in [0, 0.05) is 49.7 Å². The Bertz CT molecular complexity index is 1900. The van der Waals surface area contributed by atoms with E-state index in [-0.39, 0.29) is 47.6 Å². The van der Waals surface area contributed by atoms with Crippen molar-refractivity contribution in [1.82, 2.24) is 0 Å². The summed E-state index contributed by atoms with van der Waals surface area (Å²) in [6.45, 7) is 8.38. The van der Waals surface area contributed by atoms with Crippen molar-refractivity contribution >= 4 is 17.3 Å². The van der Waals surface area contributed by atoms with Crippen LogP contribution < -0.4 is 0 Å². The van der Waals surface area contributed by atoms with Crippen LogP contribution in [0.1, 0.15) is 107 Å². The molecule has 0 bridgehead atoms. The summed E-state index contributed by atoms with van der Waals surface area (Å²) in [7, 11) is 0. The van der Waals surface area contributed by atoms with Crippen molar-refractivity contribution in [3.8, 4) is 5.75 Å². The summed E-state index contributed by atoms with van der Waals surface area (Å²) in [4.78, 5) is 42.4. The third-order valence-corrected chi connectivity index (χ3v) is 13.1. The largest absolute Gasteiger partial charge is 0.507 e. The van der Waals surface area contributed by atoms with Crippen molar-refractivity contribution < 1.29 is 82.9 Å². The molecule has 1 aromatic carbocycles. The van der Waals surface area contributed by atoms with Crippen molar-refractivity contribution in [3.05, 3.63) is 52.6 Å². The van der Waals surface area contributed by atoms with Gasteiger partial charge < -0.3 is 68.5 Å². The van der Waals surface area contributed by atoms with Gasteiger partial charge in [0.05, 0.1) is 65.6 Å². The smallest absolute Gasteiger partial charge is 0.198 e. The molecule has 4 saturated heterocycles. The fourth-order valence-electron chi connectivity index (χ4n) is 9.97. The summed E-state index contributed by atoms with van der Waals surface area (Å²) in [5.41, 5.74) is -7.26. The minimum atomic E-state index is -2.42. The number of phenolic OH excluding ortho intramolecular Hbond substituents is 1. The number of hydrogen-bond acceptors (Lipinski definition) is 17. The molecule has 60 heavy (non-hydrogen) atoms. The molecule has 5 fully saturated rings. The second-order valence-electron chi connectivity index (χ2n) is 17.8. The minimum Gasteiger partial charge on any atom is -0.507 e. The minimum absolute atomic E-state index is 0.134. The van der Waals surface area contributed by atoms with Crippen molar-refractivity contribution in [2.24, 2.45) is 0 Å². The van der Waals surface area contributed by atoms with E-state index in [1.165, 1.54) is 37.3 Å². The van der Waals surface area contributed by atoms with Gasteiger partial charge in [-0.3, -0.25) is 14.4 Å². The van der Waals surface area contributed by atoms with Gasteiger partial charge >= 0.3 is 0 Å². The lowest BCUT2D eigenvalue weighted by Gasteiger charge is -2.55. The third kappa shape index (κ3) is 7.73. The fourth-order valence-corrected chi connectivity index (χ4v) is 9.97. The van der Waals surface area contributed by atoms with E-state index in [1.807, 2.05) is 6.92 Å². The number of Topliss-reactive ketones (excluding diaryl/α,β-unsaturated/α-hetero) is 3. The van der Waals surface area contributed by atoms with E-state index >= 15 is 0 Å². The van der Waals surface area contributed by atoms with Crippen LogP contribution >= 0.6 is 0 Å². The molecular weight excluding hydrogens is 788 g/mol. The van der Waals surface area contributed by atoms with Crippen LogP contribution in [-0.4, -0.2) is 151 Å². The highest BCUT2D eigenvalue weighted by Crippen LogP contribution is 2.54. The number of benzene rings is 1. The highest BCUT2D eigenvalue weighted by atomic mass is 16.7. The van der Waals surface area contributed by atoms with Gasteiger partial charge in [-0.05, 0) is 59.6 Å².